The molecule has 3 unspecified atom stereocenters. The molecule has 3 heterocycles. The lowest BCUT2D eigenvalue weighted by atomic mass is 10.0. The van der Waals surface area contributed by atoms with Crippen molar-refractivity contribution in [1.82, 2.24) is 15.2 Å². The number of pyridine rings is 1. The van der Waals surface area contributed by atoms with Crippen molar-refractivity contribution >= 4 is 46.4 Å². The summed E-state index contributed by atoms with van der Waals surface area (Å²) in [6.07, 6.45) is 2.85. The molecule has 10 nitrogen and oxygen atoms in total. The molecule has 0 radical (unpaired) electrons. The molecule has 0 bridgehead atoms. The third kappa shape index (κ3) is 7.35. The molecule has 0 spiro atoms. The van der Waals surface area contributed by atoms with Crippen LogP contribution in [-0.2, 0) is 4.79 Å². The first-order valence-electron chi connectivity index (χ1n) is 14.4. The molecule has 232 valence electrons. The van der Waals surface area contributed by atoms with Crippen molar-refractivity contribution in [3.63, 3.8) is 0 Å². The summed E-state index contributed by atoms with van der Waals surface area (Å²) < 4.78 is 13.9. The lowest BCUT2D eigenvalue weighted by Crippen LogP contribution is -2.58. The summed E-state index contributed by atoms with van der Waals surface area (Å²) in [5.41, 5.74) is 1.72. The van der Waals surface area contributed by atoms with Gasteiger partial charge in [-0.25, -0.2) is 4.39 Å². The Kier molecular flexibility index (Phi) is 9.53. The minimum Gasteiger partial charge on any atom is -0.481 e. The summed E-state index contributed by atoms with van der Waals surface area (Å²) >= 11 is 1.34. The minimum absolute atomic E-state index is 0.100. The Labute approximate surface area is 263 Å². The van der Waals surface area contributed by atoms with Crippen LogP contribution >= 0.6 is 11.3 Å². The maximum atomic E-state index is 13.9. The van der Waals surface area contributed by atoms with E-state index in [0.717, 1.165) is 6.07 Å². The van der Waals surface area contributed by atoms with Crippen LogP contribution in [0.25, 0.3) is 0 Å². The maximum absolute atomic E-state index is 13.9. The number of hydrogen-bond donors (Lipinski definition) is 3. The second-order valence-electron chi connectivity index (χ2n) is 10.9. The summed E-state index contributed by atoms with van der Waals surface area (Å²) in [6, 6.07) is 16.0. The molecule has 1 saturated heterocycles. The van der Waals surface area contributed by atoms with E-state index in [1.54, 1.807) is 52.9 Å². The number of benzene rings is 2. The number of nitrogens with one attached hydrogen (secondary N) is 2. The molecule has 4 aromatic rings. The average Bonchev–Trinajstić information content (AvgIpc) is 3.57. The molecule has 2 aromatic heterocycles. The molecular weight excluding hydrogens is 597 g/mol. The largest absolute Gasteiger partial charge is 0.481 e. The van der Waals surface area contributed by atoms with E-state index in [2.05, 4.69) is 20.5 Å². The number of nitrogens with zero attached hydrogens (tertiary/aromatic N) is 3. The number of aromatic nitrogens is 1. The van der Waals surface area contributed by atoms with E-state index in [0.29, 0.717) is 34.9 Å². The van der Waals surface area contributed by atoms with Gasteiger partial charge in [0.1, 0.15) is 5.82 Å². The zero-order valence-electron chi connectivity index (χ0n) is 24.6. The Morgan fingerprint density at radius 2 is 1.73 bits per heavy atom. The summed E-state index contributed by atoms with van der Waals surface area (Å²) in [6.45, 7) is 4.73. The van der Waals surface area contributed by atoms with E-state index in [9.17, 15) is 28.7 Å². The lowest BCUT2D eigenvalue weighted by molar-refractivity contribution is -0.137. The minimum atomic E-state index is -1.06. The highest BCUT2D eigenvalue weighted by Crippen LogP contribution is 2.33. The third-order valence-corrected chi connectivity index (χ3v) is 8.62. The Bertz CT molecular complexity index is 1700. The maximum Gasteiger partial charge on any atom is 0.305 e. The molecule has 1 aliphatic rings. The molecule has 1 fully saturated rings. The van der Waals surface area contributed by atoms with Crippen molar-refractivity contribution in [1.29, 1.82) is 0 Å². The van der Waals surface area contributed by atoms with Gasteiger partial charge >= 0.3 is 5.97 Å². The number of carbonyl (C=O) groups excluding carboxylic acids is 3. The molecule has 3 N–H and O–H groups in total. The van der Waals surface area contributed by atoms with Crippen molar-refractivity contribution in [2.75, 3.05) is 23.3 Å². The molecule has 0 saturated carbocycles. The first-order chi connectivity index (χ1) is 21.6. The van der Waals surface area contributed by atoms with E-state index in [1.165, 1.54) is 41.8 Å². The highest BCUT2D eigenvalue weighted by molar-refractivity contribution is 7.10. The average molecular weight is 630 g/mol. The summed E-state index contributed by atoms with van der Waals surface area (Å²) in [7, 11) is 0. The third-order valence-electron chi connectivity index (χ3n) is 7.63. The van der Waals surface area contributed by atoms with Gasteiger partial charge in [0, 0.05) is 53.6 Å². The van der Waals surface area contributed by atoms with Crippen molar-refractivity contribution in [3.8, 4) is 0 Å². The number of carboxylic acids is 1. The van der Waals surface area contributed by atoms with Crippen LogP contribution in [0.1, 0.15) is 62.3 Å². The van der Waals surface area contributed by atoms with E-state index in [-0.39, 0.29) is 35.5 Å². The molecule has 0 aliphatic carbocycles. The topological polar surface area (TPSA) is 132 Å². The first-order valence-corrected chi connectivity index (χ1v) is 15.2. The molecule has 2 aromatic carbocycles. The molecular formula is C33H32FN5O5S. The van der Waals surface area contributed by atoms with E-state index in [1.807, 2.05) is 13.8 Å². The normalized spacial score (nSPS) is 17.0. The van der Waals surface area contributed by atoms with Gasteiger partial charge in [-0.3, -0.25) is 24.2 Å². The first kappa shape index (κ1) is 31.3. The van der Waals surface area contributed by atoms with Crippen LogP contribution < -0.4 is 15.5 Å². The fourth-order valence-corrected chi connectivity index (χ4v) is 6.16. The van der Waals surface area contributed by atoms with E-state index in [4.69, 9.17) is 0 Å². The van der Waals surface area contributed by atoms with E-state index >= 15 is 0 Å². The Morgan fingerprint density at radius 1 is 0.956 bits per heavy atom. The Hall–Kier alpha value is -5.10. The zero-order chi connectivity index (χ0) is 32.1. The van der Waals surface area contributed by atoms with Crippen LogP contribution in [0.2, 0.25) is 0 Å². The van der Waals surface area contributed by atoms with Crippen LogP contribution in [0.3, 0.4) is 0 Å². The van der Waals surface area contributed by atoms with Gasteiger partial charge in [-0.1, -0.05) is 12.1 Å². The molecule has 3 amide bonds. The lowest BCUT2D eigenvalue weighted by Gasteiger charge is -2.45. The number of hydrogen-bond acceptors (Lipinski definition) is 7. The van der Waals surface area contributed by atoms with Gasteiger partial charge in [0.05, 0.1) is 29.4 Å². The molecule has 45 heavy (non-hydrogen) atoms. The molecule has 5 rings (SSSR count). The molecule has 1 aliphatic heterocycles. The monoisotopic (exact) mass is 629 g/mol. The Balaban J connectivity index is 1.44. The number of carboxylic acid groups (broad SMARTS) is 1. The quantitative estimate of drug-likeness (QED) is 0.231. The predicted molar refractivity (Wildman–Crippen MR) is 169 cm³/mol. The van der Waals surface area contributed by atoms with Crippen molar-refractivity contribution in [2.24, 2.45) is 0 Å². The van der Waals surface area contributed by atoms with Gasteiger partial charge in [0.25, 0.3) is 17.7 Å². The van der Waals surface area contributed by atoms with Crippen LogP contribution in [0.5, 0.6) is 0 Å². The Morgan fingerprint density at radius 3 is 2.42 bits per heavy atom. The number of carbonyl (C=O) groups is 4. The van der Waals surface area contributed by atoms with Crippen LogP contribution in [0, 0.1) is 5.82 Å². The smallest absolute Gasteiger partial charge is 0.305 e. The fourth-order valence-electron chi connectivity index (χ4n) is 5.38. The van der Waals surface area contributed by atoms with Gasteiger partial charge in [-0.05, 0) is 73.8 Å². The van der Waals surface area contributed by atoms with Gasteiger partial charge in [0.15, 0.2) is 0 Å². The summed E-state index contributed by atoms with van der Waals surface area (Å²) in [5.74, 6) is -2.84. The van der Waals surface area contributed by atoms with Crippen LogP contribution in [0.15, 0.2) is 84.5 Å². The number of amides is 3. The number of thiophene rings is 1. The van der Waals surface area contributed by atoms with Crippen molar-refractivity contribution in [2.45, 2.75) is 38.4 Å². The summed E-state index contributed by atoms with van der Waals surface area (Å²) in [5, 5.41) is 16.9. The van der Waals surface area contributed by atoms with Gasteiger partial charge in [0.2, 0.25) is 0 Å². The number of anilines is 2. The van der Waals surface area contributed by atoms with Crippen molar-refractivity contribution < 1.29 is 28.7 Å². The van der Waals surface area contributed by atoms with Gasteiger partial charge in [-0.2, -0.15) is 0 Å². The number of piperazine rings is 1. The predicted octanol–water partition coefficient (Wildman–Crippen LogP) is 5.22. The van der Waals surface area contributed by atoms with Gasteiger partial charge in [-0.15, -0.1) is 11.3 Å². The second-order valence-corrected chi connectivity index (χ2v) is 11.9. The van der Waals surface area contributed by atoms with E-state index < -0.39 is 29.6 Å². The summed E-state index contributed by atoms with van der Waals surface area (Å²) in [4.78, 5) is 60.1. The highest BCUT2D eigenvalue weighted by atomic mass is 32.1. The van der Waals surface area contributed by atoms with Gasteiger partial charge < -0.3 is 25.5 Å². The SMILES string of the molecule is CC1CN(c2ccc(C(=O)NC(CC(=O)O)c3cccs3)cc2NC(=O)c2cccc(F)c2)C(C)CN1C(=O)c1cccnc1. The number of halogens is 1. The molecule has 12 heteroatoms. The highest BCUT2D eigenvalue weighted by Gasteiger charge is 2.34. The fraction of sp³-hybridized carbons (Fsp3) is 0.242. The number of aliphatic carboxylic acids is 1. The van der Waals surface area contributed by atoms with Crippen molar-refractivity contribution in [3.05, 3.63) is 112 Å². The second kappa shape index (κ2) is 13.7. The standard InChI is InChI=1S/C33H32FN5O5S/c1-20-19-39(33(44)24-7-4-12-35-17-24)21(2)18-38(20)28-11-10-23(15-26(28)36-31(42)22-6-3-8-25(34)14-22)32(43)37-27(16-30(40)41)29-9-5-13-45-29/h3-15,17,20-21,27H,16,18-19H2,1-2H3,(H,36,42)(H,37,43)(H,40,41). The van der Waals surface area contributed by atoms with Crippen LogP contribution in [0.4, 0.5) is 15.8 Å². The molecule has 3 atom stereocenters. The zero-order valence-corrected chi connectivity index (χ0v) is 25.5. The van der Waals surface area contributed by atoms with Crippen LogP contribution in [-0.4, -0.2) is 63.9 Å². The number of rotatable bonds is 9.